The molecule has 1 fully saturated rings. The maximum Gasteiger partial charge on any atom is 0.311 e. The summed E-state index contributed by atoms with van der Waals surface area (Å²) in [7, 11) is 0. The van der Waals surface area contributed by atoms with Crippen molar-refractivity contribution in [1.82, 2.24) is 10.6 Å². The fourth-order valence-corrected chi connectivity index (χ4v) is 2.13. The molecule has 1 unspecified atom stereocenters. The van der Waals surface area contributed by atoms with Gasteiger partial charge in [-0.3, -0.25) is 14.9 Å². The van der Waals surface area contributed by atoms with Crippen molar-refractivity contribution in [2.24, 2.45) is 0 Å². The molecule has 0 radical (unpaired) electrons. The lowest BCUT2D eigenvalue weighted by Gasteiger charge is -2.11. The first-order valence-corrected chi connectivity index (χ1v) is 6.54. The van der Waals surface area contributed by atoms with Crippen molar-refractivity contribution >= 4 is 11.6 Å². The Morgan fingerprint density at radius 1 is 1.60 bits per heavy atom. The molecule has 2 rings (SSSR count). The number of hydrogen-bond acceptors (Lipinski definition) is 5. The topological polar surface area (TPSA) is 93.5 Å². The minimum atomic E-state index is -0.543. The highest BCUT2D eigenvalue weighted by Crippen LogP contribution is 2.28. The summed E-state index contributed by atoms with van der Waals surface area (Å²) in [4.78, 5) is 22.5. The lowest BCUT2D eigenvalue weighted by atomic mass is 10.1. The highest BCUT2D eigenvalue weighted by atomic mass is 16.6. The number of benzene rings is 1. The third-order valence-corrected chi connectivity index (χ3v) is 3.11. The number of carbonyl (C=O) groups is 1. The van der Waals surface area contributed by atoms with Crippen molar-refractivity contribution < 1.29 is 14.5 Å². The summed E-state index contributed by atoms with van der Waals surface area (Å²) in [5.74, 6) is -0.124. The highest BCUT2D eigenvalue weighted by Gasteiger charge is 2.21. The van der Waals surface area contributed by atoms with E-state index in [-0.39, 0.29) is 28.9 Å². The zero-order valence-electron chi connectivity index (χ0n) is 11.2. The number of carbonyl (C=O) groups excluding carboxylic acids is 1. The number of amides is 1. The summed E-state index contributed by atoms with van der Waals surface area (Å²) in [5, 5.41) is 17.0. The van der Waals surface area contributed by atoms with Crippen molar-refractivity contribution in [3.05, 3.63) is 33.9 Å². The molecule has 0 bridgehead atoms. The van der Waals surface area contributed by atoms with Crippen LogP contribution in [0.1, 0.15) is 23.7 Å². The van der Waals surface area contributed by atoms with Crippen LogP contribution in [0.15, 0.2) is 18.2 Å². The van der Waals surface area contributed by atoms with Crippen LogP contribution in [0.25, 0.3) is 0 Å². The molecule has 1 saturated heterocycles. The third-order valence-electron chi connectivity index (χ3n) is 3.11. The van der Waals surface area contributed by atoms with Crippen LogP contribution in [0.4, 0.5) is 5.69 Å². The average molecular weight is 279 g/mol. The van der Waals surface area contributed by atoms with Gasteiger partial charge in [-0.2, -0.15) is 0 Å². The molecule has 2 N–H and O–H groups in total. The van der Waals surface area contributed by atoms with E-state index in [0.717, 1.165) is 19.5 Å². The van der Waals surface area contributed by atoms with Gasteiger partial charge < -0.3 is 15.4 Å². The Morgan fingerprint density at radius 3 is 3.00 bits per heavy atom. The predicted octanol–water partition coefficient (Wildman–Crippen LogP) is 1.09. The van der Waals surface area contributed by atoms with E-state index in [1.807, 2.05) is 0 Å². The summed E-state index contributed by atoms with van der Waals surface area (Å²) in [6, 6.07) is 4.33. The standard InChI is InChI=1S/C13H17N3O4/c1-2-20-12-4-3-9(7-11(12)16(18)19)13(17)15-10-5-6-14-8-10/h3-4,7,10,14H,2,5-6,8H2,1H3,(H,15,17). The molecular formula is C13H17N3O4. The first-order chi connectivity index (χ1) is 9.61. The van der Waals surface area contributed by atoms with E-state index in [2.05, 4.69) is 10.6 Å². The number of nitro benzene ring substituents is 1. The molecular weight excluding hydrogens is 262 g/mol. The summed E-state index contributed by atoms with van der Waals surface area (Å²) < 4.78 is 5.18. The Kier molecular flexibility index (Phi) is 4.52. The summed E-state index contributed by atoms with van der Waals surface area (Å²) in [6.45, 7) is 3.68. The van der Waals surface area contributed by atoms with Gasteiger partial charge in [-0.1, -0.05) is 0 Å². The molecule has 1 aromatic carbocycles. The second-order valence-corrected chi connectivity index (χ2v) is 4.54. The van der Waals surface area contributed by atoms with Gasteiger partial charge in [0.05, 0.1) is 11.5 Å². The van der Waals surface area contributed by atoms with Gasteiger partial charge in [-0.15, -0.1) is 0 Å². The van der Waals surface area contributed by atoms with Crippen molar-refractivity contribution in [3.8, 4) is 5.75 Å². The number of nitro groups is 1. The first kappa shape index (κ1) is 14.3. The van der Waals surface area contributed by atoms with Crippen LogP contribution in [0.5, 0.6) is 5.75 Å². The van der Waals surface area contributed by atoms with E-state index in [0.29, 0.717) is 6.61 Å². The smallest absolute Gasteiger partial charge is 0.311 e. The fourth-order valence-electron chi connectivity index (χ4n) is 2.13. The Balaban J connectivity index is 2.16. The highest BCUT2D eigenvalue weighted by molar-refractivity contribution is 5.95. The number of hydrogen-bond donors (Lipinski definition) is 2. The Hall–Kier alpha value is -2.15. The lowest BCUT2D eigenvalue weighted by Crippen LogP contribution is -2.36. The minimum absolute atomic E-state index is 0.0770. The van der Waals surface area contributed by atoms with E-state index in [4.69, 9.17) is 4.74 Å². The van der Waals surface area contributed by atoms with E-state index in [1.165, 1.54) is 18.2 Å². The van der Waals surface area contributed by atoms with Crippen LogP contribution in [0.2, 0.25) is 0 Å². The van der Waals surface area contributed by atoms with Crippen molar-refractivity contribution in [1.29, 1.82) is 0 Å². The van der Waals surface area contributed by atoms with Gasteiger partial charge in [-0.05, 0) is 32.0 Å². The van der Waals surface area contributed by atoms with Gasteiger partial charge in [0.1, 0.15) is 0 Å². The monoisotopic (exact) mass is 279 g/mol. The number of rotatable bonds is 5. The molecule has 0 saturated carbocycles. The summed E-state index contributed by atoms with van der Waals surface area (Å²) in [6.07, 6.45) is 0.866. The van der Waals surface area contributed by atoms with Crippen LogP contribution in [-0.2, 0) is 0 Å². The number of nitrogens with zero attached hydrogens (tertiary/aromatic N) is 1. The molecule has 0 aromatic heterocycles. The van der Waals surface area contributed by atoms with E-state index in [1.54, 1.807) is 6.92 Å². The van der Waals surface area contributed by atoms with Crippen LogP contribution in [0, 0.1) is 10.1 Å². The van der Waals surface area contributed by atoms with Gasteiger partial charge in [0.2, 0.25) is 0 Å². The molecule has 20 heavy (non-hydrogen) atoms. The fraction of sp³-hybridized carbons (Fsp3) is 0.462. The Labute approximate surface area is 116 Å². The molecule has 1 aromatic rings. The molecule has 108 valence electrons. The lowest BCUT2D eigenvalue weighted by molar-refractivity contribution is -0.385. The molecule has 1 aliphatic heterocycles. The third kappa shape index (κ3) is 3.24. The quantitative estimate of drug-likeness (QED) is 0.621. The van der Waals surface area contributed by atoms with Gasteiger partial charge >= 0.3 is 5.69 Å². The van der Waals surface area contributed by atoms with Crippen LogP contribution in [0.3, 0.4) is 0 Å². The number of nitrogens with one attached hydrogen (secondary N) is 2. The Morgan fingerprint density at radius 2 is 2.40 bits per heavy atom. The van der Waals surface area contributed by atoms with Gasteiger partial charge in [0.25, 0.3) is 5.91 Å². The SMILES string of the molecule is CCOc1ccc(C(=O)NC2CCNC2)cc1[N+](=O)[O-]. The molecule has 1 heterocycles. The van der Waals surface area contributed by atoms with Crippen molar-refractivity contribution in [3.63, 3.8) is 0 Å². The second kappa shape index (κ2) is 6.33. The summed E-state index contributed by atoms with van der Waals surface area (Å²) >= 11 is 0. The van der Waals surface area contributed by atoms with Crippen molar-refractivity contribution in [2.45, 2.75) is 19.4 Å². The summed E-state index contributed by atoms with van der Waals surface area (Å²) in [5.41, 5.74) is 0.0797. The molecule has 1 amide bonds. The normalized spacial score (nSPS) is 17.8. The van der Waals surface area contributed by atoms with Crippen LogP contribution in [-0.4, -0.2) is 36.6 Å². The van der Waals surface area contributed by atoms with Gasteiger partial charge in [0, 0.05) is 24.2 Å². The largest absolute Gasteiger partial charge is 0.487 e. The molecule has 1 atom stereocenters. The Bertz CT molecular complexity index is 512. The minimum Gasteiger partial charge on any atom is -0.487 e. The van der Waals surface area contributed by atoms with Crippen LogP contribution < -0.4 is 15.4 Å². The van der Waals surface area contributed by atoms with E-state index in [9.17, 15) is 14.9 Å². The molecule has 7 nitrogen and oxygen atoms in total. The van der Waals surface area contributed by atoms with E-state index >= 15 is 0 Å². The van der Waals surface area contributed by atoms with Crippen LogP contribution >= 0.6 is 0 Å². The molecule has 1 aliphatic rings. The maximum atomic E-state index is 12.0. The zero-order valence-corrected chi connectivity index (χ0v) is 11.2. The molecule has 7 heteroatoms. The van der Waals surface area contributed by atoms with Gasteiger partial charge in [0.15, 0.2) is 5.75 Å². The maximum absolute atomic E-state index is 12.0. The molecule has 0 aliphatic carbocycles. The molecule has 0 spiro atoms. The van der Waals surface area contributed by atoms with E-state index < -0.39 is 4.92 Å². The number of ether oxygens (including phenoxy) is 1. The average Bonchev–Trinajstić information content (AvgIpc) is 2.92. The predicted molar refractivity (Wildman–Crippen MR) is 73.0 cm³/mol. The van der Waals surface area contributed by atoms with Gasteiger partial charge in [-0.25, -0.2) is 0 Å². The zero-order chi connectivity index (χ0) is 14.5. The first-order valence-electron chi connectivity index (χ1n) is 6.54. The van der Waals surface area contributed by atoms with Crippen molar-refractivity contribution in [2.75, 3.05) is 19.7 Å². The second-order valence-electron chi connectivity index (χ2n) is 4.54.